The average Bonchev–Trinajstić information content (AvgIpc) is 3.89. The van der Waals surface area contributed by atoms with E-state index in [1.807, 2.05) is 17.4 Å². The normalized spacial score (nSPS) is 13.8. The summed E-state index contributed by atoms with van der Waals surface area (Å²) in [6.07, 6.45) is 6.52. The van der Waals surface area contributed by atoms with Crippen LogP contribution in [-0.4, -0.2) is 0 Å². The number of benzene rings is 8. The van der Waals surface area contributed by atoms with E-state index in [0.717, 1.165) is 35.3 Å². The fourth-order valence-electron chi connectivity index (χ4n) is 10.3. The zero-order chi connectivity index (χ0) is 41.7. The highest BCUT2D eigenvalue weighted by molar-refractivity contribution is 7.26. The lowest BCUT2D eigenvalue weighted by Crippen LogP contribution is -2.28. The summed E-state index contributed by atoms with van der Waals surface area (Å²) in [7, 11) is 0. The molecule has 0 amide bonds. The van der Waals surface area contributed by atoms with Gasteiger partial charge in [-0.15, -0.1) is 11.3 Å². The molecule has 296 valence electrons. The second kappa shape index (κ2) is 15.3. The van der Waals surface area contributed by atoms with Crippen LogP contribution in [0.2, 0.25) is 0 Å². The van der Waals surface area contributed by atoms with Gasteiger partial charge in [-0.05, 0) is 111 Å². The van der Waals surface area contributed by atoms with Gasteiger partial charge in [-0.25, -0.2) is 0 Å². The maximum absolute atomic E-state index is 3.43. The van der Waals surface area contributed by atoms with Gasteiger partial charge in [0.15, 0.2) is 0 Å². The van der Waals surface area contributed by atoms with Crippen molar-refractivity contribution < 1.29 is 0 Å². The molecule has 10 aromatic rings. The summed E-state index contributed by atoms with van der Waals surface area (Å²) < 4.78 is 2.58. The van der Waals surface area contributed by atoms with Gasteiger partial charge in [0.2, 0.25) is 0 Å². The molecule has 0 unspecified atom stereocenters. The van der Waals surface area contributed by atoms with Crippen molar-refractivity contribution in [3.05, 3.63) is 270 Å². The molecule has 1 nitrogen and oxygen atoms in total. The van der Waals surface area contributed by atoms with Crippen molar-refractivity contribution >= 4 is 48.5 Å². The van der Waals surface area contributed by atoms with Crippen LogP contribution in [0.15, 0.2) is 230 Å². The van der Waals surface area contributed by atoms with Crippen molar-refractivity contribution in [2.24, 2.45) is 0 Å². The van der Waals surface area contributed by atoms with Gasteiger partial charge in [-0.2, -0.15) is 0 Å². The van der Waals surface area contributed by atoms with E-state index < -0.39 is 5.41 Å². The van der Waals surface area contributed by atoms with Crippen LogP contribution in [-0.2, 0) is 5.41 Å². The van der Waals surface area contributed by atoms with Crippen LogP contribution in [0, 0.1) is 12.1 Å². The molecule has 2 heteroatoms. The van der Waals surface area contributed by atoms with Crippen LogP contribution in [0.4, 0.5) is 11.4 Å². The molecular formula is C61H41NS. The second-order valence-corrected chi connectivity index (χ2v) is 17.6. The maximum atomic E-state index is 3.43. The van der Waals surface area contributed by atoms with Gasteiger partial charge < -0.3 is 4.90 Å². The Bertz CT molecular complexity index is 3340. The van der Waals surface area contributed by atoms with E-state index >= 15 is 0 Å². The Hall–Kier alpha value is -7.70. The number of allylic oxidation sites excluding steroid dienone is 4. The SMILES string of the molecule is c1cccc(-c2ccccc2N(C2=CC=C(c3ccccc3)CC2)c2cc(-c3ccc4c(c3)C(c3ccccc3)(c3ccccc3)c3ccccc3-4)c3sc4ccccc4c3c2)c#1. The van der Waals surface area contributed by atoms with Crippen molar-refractivity contribution in [3.8, 4) is 33.4 Å². The number of hydrogen-bond donors (Lipinski definition) is 0. The Labute approximate surface area is 373 Å². The van der Waals surface area contributed by atoms with Crippen LogP contribution in [0.3, 0.4) is 0 Å². The molecule has 0 N–H and O–H groups in total. The van der Waals surface area contributed by atoms with E-state index in [-0.39, 0.29) is 0 Å². The summed E-state index contributed by atoms with van der Waals surface area (Å²) in [6.45, 7) is 0. The van der Waals surface area contributed by atoms with Crippen molar-refractivity contribution in [1.29, 1.82) is 0 Å². The predicted octanol–water partition coefficient (Wildman–Crippen LogP) is 16.3. The summed E-state index contributed by atoms with van der Waals surface area (Å²) in [6, 6.07) is 84.7. The molecule has 2 aliphatic rings. The number of fused-ring (bicyclic) bond motifs is 6. The van der Waals surface area contributed by atoms with Crippen LogP contribution in [0.1, 0.15) is 40.7 Å². The molecule has 0 bridgehead atoms. The first kappa shape index (κ1) is 37.1. The minimum absolute atomic E-state index is 0.495. The molecule has 0 saturated carbocycles. The Balaban J connectivity index is 1.13. The zero-order valence-electron chi connectivity index (χ0n) is 34.6. The van der Waals surface area contributed by atoms with Gasteiger partial charge in [0.25, 0.3) is 0 Å². The molecule has 0 spiro atoms. The lowest BCUT2D eigenvalue weighted by Gasteiger charge is -2.34. The fourth-order valence-corrected chi connectivity index (χ4v) is 11.6. The first-order valence-corrected chi connectivity index (χ1v) is 22.6. The van der Waals surface area contributed by atoms with Crippen molar-refractivity contribution in [3.63, 3.8) is 0 Å². The highest BCUT2D eigenvalue weighted by Gasteiger charge is 2.46. The number of nitrogens with zero attached hydrogens (tertiary/aromatic N) is 1. The molecular weight excluding hydrogens is 779 g/mol. The standard InChI is InChI=1S/C61H41NS/c1-5-19-42(20-6-1)43-33-36-48(37-34-43)62(58-31-17-14-27-50(58)44-21-7-2-8-22-44)49-40-54(60-55(41-49)53-29-15-18-32-59(53)63-60)45-35-38-52-51-28-13-16-30-56(51)61(57(52)39-45,46-23-9-3-10-24-46)47-25-11-4-12-26-47/h1-7,9-21,23-33,35-36,38-41H,34,37H2. The molecule has 63 heavy (non-hydrogen) atoms. The summed E-state index contributed by atoms with van der Waals surface area (Å²) in [5.74, 6) is 0. The Kier molecular flexibility index (Phi) is 9.03. The lowest BCUT2D eigenvalue weighted by atomic mass is 9.67. The van der Waals surface area contributed by atoms with Gasteiger partial charge in [0, 0.05) is 48.2 Å². The predicted molar refractivity (Wildman–Crippen MR) is 265 cm³/mol. The van der Waals surface area contributed by atoms with E-state index in [9.17, 15) is 0 Å². The van der Waals surface area contributed by atoms with Gasteiger partial charge in [-0.3, -0.25) is 0 Å². The minimum Gasteiger partial charge on any atom is -0.314 e. The van der Waals surface area contributed by atoms with E-state index in [0.29, 0.717) is 0 Å². The van der Waals surface area contributed by atoms with Gasteiger partial charge in [0.05, 0.1) is 11.1 Å². The Morgan fingerprint density at radius 3 is 1.90 bits per heavy atom. The van der Waals surface area contributed by atoms with E-state index in [1.165, 1.54) is 81.5 Å². The summed E-state index contributed by atoms with van der Waals surface area (Å²) in [5, 5.41) is 2.54. The van der Waals surface area contributed by atoms with Crippen molar-refractivity contribution in [2.75, 3.05) is 4.90 Å². The monoisotopic (exact) mass is 819 g/mol. The number of anilines is 2. The number of rotatable bonds is 8. The third-order valence-corrected chi connectivity index (χ3v) is 14.4. The first-order chi connectivity index (χ1) is 31.3. The van der Waals surface area contributed by atoms with Crippen molar-refractivity contribution in [2.45, 2.75) is 18.3 Å². The van der Waals surface area contributed by atoms with E-state index in [4.69, 9.17) is 0 Å². The molecule has 2 aliphatic carbocycles. The molecule has 0 saturated heterocycles. The summed E-state index contributed by atoms with van der Waals surface area (Å²) in [5.41, 5.74) is 18.0. The summed E-state index contributed by atoms with van der Waals surface area (Å²) >= 11 is 1.89. The van der Waals surface area contributed by atoms with Crippen molar-refractivity contribution in [1.82, 2.24) is 0 Å². The fraction of sp³-hybridized carbons (Fsp3) is 0.0492. The average molecular weight is 820 g/mol. The van der Waals surface area contributed by atoms with Gasteiger partial charge in [-0.1, -0.05) is 188 Å². The molecule has 9 aromatic carbocycles. The third kappa shape index (κ3) is 6.08. The maximum Gasteiger partial charge on any atom is 0.0713 e. The molecule has 1 heterocycles. The Morgan fingerprint density at radius 2 is 1.16 bits per heavy atom. The topological polar surface area (TPSA) is 3.24 Å². The third-order valence-electron chi connectivity index (χ3n) is 13.1. The molecule has 0 radical (unpaired) electrons. The van der Waals surface area contributed by atoms with Gasteiger partial charge >= 0.3 is 0 Å². The van der Waals surface area contributed by atoms with E-state index in [1.54, 1.807) is 0 Å². The largest absolute Gasteiger partial charge is 0.314 e. The molecule has 0 atom stereocenters. The molecule has 12 rings (SSSR count). The van der Waals surface area contributed by atoms with Crippen LogP contribution < -0.4 is 4.90 Å². The molecule has 0 aliphatic heterocycles. The molecule has 1 aromatic heterocycles. The Morgan fingerprint density at radius 1 is 0.476 bits per heavy atom. The second-order valence-electron chi connectivity index (χ2n) is 16.5. The van der Waals surface area contributed by atoms with Gasteiger partial charge in [0.1, 0.15) is 0 Å². The highest BCUT2D eigenvalue weighted by Crippen LogP contribution is 2.57. The lowest BCUT2D eigenvalue weighted by molar-refractivity contribution is 0.769. The molecule has 0 fully saturated rings. The van der Waals surface area contributed by atoms with E-state index in [2.05, 4.69) is 235 Å². The quantitative estimate of drug-likeness (QED) is 0.148. The highest BCUT2D eigenvalue weighted by atomic mass is 32.1. The number of para-hydroxylation sites is 1. The minimum atomic E-state index is -0.495. The van der Waals surface area contributed by atoms with Crippen LogP contribution in [0.25, 0.3) is 59.1 Å². The summed E-state index contributed by atoms with van der Waals surface area (Å²) in [4.78, 5) is 2.52. The number of thiophene rings is 1. The van der Waals surface area contributed by atoms with Crippen LogP contribution >= 0.6 is 11.3 Å². The number of hydrogen-bond acceptors (Lipinski definition) is 2. The van der Waals surface area contributed by atoms with Crippen LogP contribution in [0.5, 0.6) is 0 Å². The zero-order valence-corrected chi connectivity index (χ0v) is 35.4. The smallest absolute Gasteiger partial charge is 0.0713 e. The first-order valence-electron chi connectivity index (χ1n) is 21.8.